The highest BCUT2D eigenvalue weighted by atomic mass is 32.2. The zero-order valence-corrected chi connectivity index (χ0v) is 27.7. The molecule has 1 aromatic heterocycles. The van der Waals surface area contributed by atoms with E-state index in [9.17, 15) is 33.1 Å². The van der Waals surface area contributed by atoms with Gasteiger partial charge in [-0.05, 0) is 54.1 Å². The molecule has 1 unspecified atom stereocenters. The number of carboxylic acids is 2. The normalized spacial score (nSPS) is 17.9. The molecule has 13 heteroatoms. The van der Waals surface area contributed by atoms with Crippen molar-refractivity contribution in [3.05, 3.63) is 83.7 Å². The Morgan fingerprint density at radius 1 is 1.00 bits per heavy atom. The molecule has 4 N–H and O–H groups in total. The maximum absolute atomic E-state index is 15.0. The summed E-state index contributed by atoms with van der Waals surface area (Å²) < 4.78 is 31.3. The molecule has 2 heterocycles. The number of carboxylic acid groups (broad SMARTS) is 2. The van der Waals surface area contributed by atoms with Gasteiger partial charge >= 0.3 is 11.9 Å². The minimum absolute atomic E-state index is 0.0281. The van der Waals surface area contributed by atoms with Crippen molar-refractivity contribution in [2.24, 2.45) is 22.1 Å². The number of rotatable bonds is 13. The van der Waals surface area contributed by atoms with Gasteiger partial charge in [-0.2, -0.15) is 0 Å². The minimum Gasteiger partial charge on any atom is -0.481 e. The minimum atomic E-state index is -1.43. The largest absolute Gasteiger partial charge is 0.481 e. The van der Waals surface area contributed by atoms with Gasteiger partial charge in [-0.3, -0.25) is 14.4 Å². The van der Waals surface area contributed by atoms with Crippen molar-refractivity contribution < 1.29 is 38.2 Å². The fraction of sp³-hybridized carbons (Fsp3) is 0.400. The first-order valence-corrected chi connectivity index (χ1v) is 16.7. The number of aliphatic imine (C=N–C) groups is 1. The highest BCUT2D eigenvalue weighted by molar-refractivity contribution is 8.00. The summed E-state index contributed by atoms with van der Waals surface area (Å²) in [6.45, 7) is 5.72. The number of nitrogens with zero attached hydrogens (tertiary/aromatic N) is 3. The number of aliphatic carboxylic acids is 2. The summed E-state index contributed by atoms with van der Waals surface area (Å²) in [5.41, 5.74) is 7.85. The Labute approximate surface area is 282 Å². The molecule has 0 radical (unpaired) electrons. The van der Waals surface area contributed by atoms with Crippen LogP contribution in [0.4, 0.5) is 8.78 Å². The fourth-order valence-electron chi connectivity index (χ4n) is 6.15. The Morgan fingerprint density at radius 2 is 1.73 bits per heavy atom. The lowest BCUT2D eigenvalue weighted by molar-refractivity contribution is -0.138. The summed E-state index contributed by atoms with van der Waals surface area (Å²) in [6, 6.07) is 15.0. The molecule has 0 spiro atoms. The average molecular weight is 683 g/mol. The predicted octanol–water partition coefficient (Wildman–Crippen LogP) is 5.05. The smallest absolute Gasteiger partial charge is 0.351 e. The lowest BCUT2D eigenvalue weighted by atomic mass is 9.72. The number of benzene rings is 2. The summed E-state index contributed by atoms with van der Waals surface area (Å²) in [7, 11) is 0. The van der Waals surface area contributed by atoms with E-state index in [1.54, 1.807) is 4.90 Å². The number of amides is 2. The van der Waals surface area contributed by atoms with Crippen LogP contribution in [-0.2, 0) is 25.7 Å². The van der Waals surface area contributed by atoms with Gasteiger partial charge in [0, 0.05) is 60.7 Å². The Balaban J connectivity index is 1.63. The van der Waals surface area contributed by atoms with Gasteiger partial charge in [0.2, 0.25) is 11.8 Å². The molecule has 1 aliphatic rings. The van der Waals surface area contributed by atoms with Crippen LogP contribution in [0.15, 0.2) is 65.8 Å². The van der Waals surface area contributed by atoms with E-state index in [-0.39, 0.29) is 40.2 Å². The third-order valence-corrected chi connectivity index (χ3v) is 9.50. The summed E-state index contributed by atoms with van der Waals surface area (Å²) in [5.74, 6) is -5.43. The molecule has 2 aromatic carbocycles. The van der Waals surface area contributed by atoms with E-state index in [4.69, 9.17) is 10.8 Å². The third kappa shape index (κ3) is 9.60. The molecule has 2 atom stereocenters. The average Bonchev–Trinajstić information content (AvgIpc) is 3.38. The second kappa shape index (κ2) is 16.2. The van der Waals surface area contributed by atoms with Crippen LogP contribution in [0.2, 0.25) is 0 Å². The monoisotopic (exact) mass is 682 g/mol. The lowest BCUT2D eigenvalue weighted by Crippen LogP contribution is -2.39. The standard InChI is InChI=1S/C35H40F2N4O6S/c1-35(2)14-23(15-38)17-41(32(43)21-48-20-29(34(46)47)39-31(42)10-11-33(44)45)19-27(35)30-12-24(26-13-25(36)8-9-28(26)37)18-40(30)16-22-6-4-3-5-7-22/h3-9,12-13,18,23,27H,10-11,14-17,19-21,38H2,1-2H3,(H,44,45)(H,46,47)/t23?,27-/m0/s1. The van der Waals surface area contributed by atoms with Crippen LogP contribution >= 0.6 is 11.8 Å². The number of hydrogen-bond acceptors (Lipinski definition) is 6. The number of hydrogen-bond donors (Lipinski definition) is 3. The molecule has 1 aliphatic heterocycles. The van der Waals surface area contributed by atoms with Crippen molar-refractivity contribution in [3.8, 4) is 11.1 Å². The van der Waals surface area contributed by atoms with Crippen LogP contribution in [0.5, 0.6) is 0 Å². The fourth-order valence-corrected chi connectivity index (χ4v) is 6.99. The molecule has 10 nitrogen and oxygen atoms in total. The number of aromatic nitrogens is 1. The van der Waals surface area contributed by atoms with Crippen LogP contribution in [0.1, 0.15) is 50.3 Å². The second-order valence-electron chi connectivity index (χ2n) is 12.7. The number of thioether (sulfide) groups is 1. The molecule has 1 fully saturated rings. The Hall–Kier alpha value is -4.36. The van der Waals surface area contributed by atoms with Gasteiger partial charge in [0.15, 0.2) is 0 Å². The third-order valence-electron chi connectivity index (χ3n) is 8.57. The second-order valence-corrected chi connectivity index (χ2v) is 13.7. The van der Waals surface area contributed by atoms with Crippen LogP contribution in [0.3, 0.4) is 0 Å². The topological polar surface area (TPSA) is 155 Å². The molecule has 0 saturated carbocycles. The first-order chi connectivity index (χ1) is 22.8. The van der Waals surface area contributed by atoms with Crippen molar-refractivity contribution in [2.45, 2.75) is 45.6 Å². The molecule has 3 aromatic rings. The molecule has 0 aliphatic carbocycles. The summed E-state index contributed by atoms with van der Waals surface area (Å²) >= 11 is 0.995. The Morgan fingerprint density at radius 3 is 2.40 bits per heavy atom. The van der Waals surface area contributed by atoms with Crippen LogP contribution < -0.4 is 5.73 Å². The van der Waals surface area contributed by atoms with Gasteiger partial charge < -0.3 is 25.4 Å². The van der Waals surface area contributed by atoms with E-state index in [2.05, 4.69) is 18.8 Å². The number of carbonyl (C=O) groups excluding carboxylic acids is 2. The van der Waals surface area contributed by atoms with Crippen LogP contribution in [0.25, 0.3) is 11.1 Å². The van der Waals surface area contributed by atoms with Crippen molar-refractivity contribution in [2.75, 3.05) is 31.1 Å². The summed E-state index contributed by atoms with van der Waals surface area (Å²) in [4.78, 5) is 53.3. The van der Waals surface area contributed by atoms with Gasteiger partial charge in [0.1, 0.15) is 17.3 Å². The summed E-state index contributed by atoms with van der Waals surface area (Å²) in [5, 5.41) is 18.3. The molecular formula is C35H40F2N4O6S. The van der Waals surface area contributed by atoms with Crippen molar-refractivity contribution in [1.29, 1.82) is 0 Å². The molecule has 256 valence electrons. The SMILES string of the molecule is CC1(C)CC(CN)CN(C(=O)CSCC(=NC(=O)CCC(=O)O)C(=O)O)C[C@H]1c1cc(-c2cc(F)ccc2F)cn1Cc1ccccc1. The van der Waals surface area contributed by atoms with Gasteiger partial charge in [-0.25, -0.2) is 18.6 Å². The number of halogens is 2. The van der Waals surface area contributed by atoms with E-state index in [1.807, 2.05) is 47.2 Å². The van der Waals surface area contributed by atoms with Crippen molar-refractivity contribution in [1.82, 2.24) is 9.47 Å². The summed E-state index contributed by atoms with van der Waals surface area (Å²) in [6.07, 6.45) is 1.61. The highest BCUT2D eigenvalue weighted by Crippen LogP contribution is 2.45. The van der Waals surface area contributed by atoms with E-state index >= 15 is 0 Å². The molecule has 48 heavy (non-hydrogen) atoms. The molecule has 0 bridgehead atoms. The lowest BCUT2D eigenvalue weighted by Gasteiger charge is -2.35. The molecule has 4 rings (SSSR count). The first kappa shape index (κ1) is 36.5. The quantitative estimate of drug-likeness (QED) is 0.212. The van der Waals surface area contributed by atoms with E-state index in [0.717, 1.165) is 35.2 Å². The maximum Gasteiger partial charge on any atom is 0.351 e. The number of nitrogens with two attached hydrogens (primary N) is 1. The zero-order chi connectivity index (χ0) is 35.0. The van der Waals surface area contributed by atoms with Crippen LogP contribution in [-0.4, -0.2) is 80.3 Å². The number of likely N-dealkylation sites (tertiary alicyclic amines) is 1. The van der Waals surface area contributed by atoms with E-state index in [1.165, 1.54) is 6.07 Å². The molecule has 2 amide bonds. The Bertz CT molecular complexity index is 1680. The highest BCUT2D eigenvalue weighted by Gasteiger charge is 2.40. The number of carbonyl (C=O) groups is 4. The van der Waals surface area contributed by atoms with E-state index in [0.29, 0.717) is 38.2 Å². The predicted molar refractivity (Wildman–Crippen MR) is 180 cm³/mol. The van der Waals surface area contributed by atoms with Crippen molar-refractivity contribution in [3.63, 3.8) is 0 Å². The Kier molecular flexibility index (Phi) is 12.3. The maximum atomic E-state index is 15.0. The van der Waals surface area contributed by atoms with Gasteiger partial charge in [-0.1, -0.05) is 44.2 Å². The van der Waals surface area contributed by atoms with E-state index < -0.39 is 48.0 Å². The molecular weight excluding hydrogens is 642 g/mol. The van der Waals surface area contributed by atoms with Gasteiger partial charge in [0.25, 0.3) is 0 Å². The van der Waals surface area contributed by atoms with Crippen LogP contribution in [0, 0.1) is 23.0 Å². The zero-order valence-electron chi connectivity index (χ0n) is 26.9. The first-order valence-electron chi connectivity index (χ1n) is 15.6. The van der Waals surface area contributed by atoms with Gasteiger partial charge in [0.05, 0.1) is 12.2 Å². The van der Waals surface area contributed by atoms with Gasteiger partial charge in [-0.15, -0.1) is 11.8 Å². The van der Waals surface area contributed by atoms with Crippen molar-refractivity contribution >= 4 is 41.2 Å². The molecule has 1 saturated heterocycles.